The number of rotatable bonds is 15. The average molecular weight is 394 g/mol. The van der Waals surface area contributed by atoms with E-state index in [1.54, 1.807) is 0 Å². The third-order valence-electron chi connectivity index (χ3n) is 3.94. The van der Waals surface area contributed by atoms with E-state index in [0.717, 1.165) is 16.4 Å². The molecule has 0 spiro atoms. The van der Waals surface area contributed by atoms with E-state index in [4.69, 9.17) is 0 Å². The summed E-state index contributed by atoms with van der Waals surface area (Å²) in [4.78, 5) is 0. The van der Waals surface area contributed by atoms with Crippen molar-refractivity contribution in [3.05, 3.63) is 10.2 Å². The summed E-state index contributed by atoms with van der Waals surface area (Å²) in [7, 11) is 0. The van der Waals surface area contributed by atoms with Crippen LogP contribution in [0.1, 0.15) is 96.8 Å². The fraction of sp³-hybridized carbons (Fsp3) is 0.889. The zero-order valence-electron chi connectivity index (χ0n) is 13.5. The molecule has 0 unspecified atom stereocenters. The molecule has 0 saturated carbocycles. The van der Waals surface area contributed by atoms with E-state index in [1.807, 2.05) is 0 Å². The monoisotopic (exact) mass is 394 g/mol. The number of halogens is 1. The van der Waals surface area contributed by atoms with E-state index >= 15 is 0 Å². The summed E-state index contributed by atoms with van der Waals surface area (Å²) in [5, 5.41) is 9.60. The van der Waals surface area contributed by atoms with Crippen LogP contribution in [0.3, 0.4) is 0 Å². The van der Waals surface area contributed by atoms with Crippen molar-refractivity contribution in [3.63, 3.8) is 0 Å². The van der Waals surface area contributed by atoms with Gasteiger partial charge in [0.25, 0.3) is 0 Å². The smallest absolute Gasteiger partial charge is 0.0840 e. The first kappa shape index (κ1) is 20.4. The van der Waals surface area contributed by atoms with E-state index < -0.39 is 0 Å². The Morgan fingerprint density at radius 1 is 0.800 bits per heavy atom. The topological polar surface area (TPSA) is 20.2 Å². The average Bonchev–Trinajstić information content (AvgIpc) is 2.43. The molecule has 0 aliphatic heterocycles. The van der Waals surface area contributed by atoms with E-state index in [-0.39, 0.29) is 6.10 Å². The Morgan fingerprint density at radius 3 is 1.50 bits per heavy atom. The first-order chi connectivity index (χ1) is 9.68. The summed E-state index contributed by atoms with van der Waals surface area (Å²) >= 11 is 2.12. The molecule has 0 bridgehead atoms. The molecule has 0 aliphatic carbocycles. The van der Waals surface area contributed by atoms with Crippen LogP contribution in [0.5, 0.6) is 0 Å². The van der Waals surface area contributed by atoms with Crippen molar-refractivity contribution in [2.24, 2.45) is 0 Å². The Labute approximate surface area is 140 Å². The molecule has 0 radical (unpaired) electrons. The molecule has 1 N–H and O–H groups in total. The van der Waals surface area contributed by atoms with Gasteiger partial charge in [0.1, 0.15) is 0 Å². The second-order valence-electron chi connectivity index (χ2n) is 5.99. The quantitative estimate of drug-likeness (QED) is 0.240. The maximum Gasteiger partial charge on any atom is 0.0840 e. The summed E-state index contributed by atoms with van der Waals surface area (Å²) in [5.41, 5.74) is 0. The highest BCUT2D eigenvalue weighted by atomic mass is 127. The summed E-state index contributed by atoms with van der Waals surface area (Å²) in [5.74, 6) is 0. The normalized spacial score (nSPS) is 12.6. The number of aliphatic hydroxyl groups excluding tert-OH is 1. The third-order valence-corrected chi connectivity index (χ3v) is 4.66. The van der Waals surface area contributed by atoms with Crippen molar-refractivity contribution >= 4 is 22.6 Å². The van der Waals surface area contributed by atoms with Crippen LogP contribution in [-0.4, -0.2) is 11.2 Å². The van der Waals surface area contributed by atoms with Gasteiger partial charge in [-0.05, 0) is 29.0 Å². The van der Waals surface area contributed by atoms with Crippen molar-refractivity contribution < 1.29 is 5.11 Å². The molecule has 0 aromatic heterocycles. The Hall–Kier alpha value is 0.430. The molecule has 0 aromatic rings. The standard InChI is InChI=1S/C18H35IO/c1-3-4-5-6-7-8-9-10-11-12-13-14-15-16-18(20)17(2)19/h18,20H,2-16H2,1H3/t18-/m1/s1. The molecular weight excluding hydrogens is 359 g/mol. The lowest BCUT2D eigenvalue weighted by Crippen LogP contribution is -2.04. The predicted molar refractivity (Wildman–Crippen MR) is 99.5 cm³/mol. The fourth-order valence-electron chi connectivity index (χ4n) is 2.51. The lowest BCUT2D eigenvalue weighted by atomic mass is 10.0. The largest absolute Gasteiger partial charge is 0.388 e. The first-order valence-electron chi connectivity index (χ1n) is 8.70. The minimum absolute atomic E-state index is 0.289. The molecule has 0 saturated heterocycles. The molecule has 120 valence electrons. The van der Waals surface area contributed by atoms with Crippen molar-refractivity contribution in [3.8, 4) is 0 Å². The van der Waals surface area contributed by atoms with Crippen molar-refractivity contribution in [1.29, 1.82) is 0 Å². The highest BCUT2D eigenvalue weighted by Gasteiger charge is 2.04. The van der Waals surface area contributed by atoms with Crippen LogP contribution in [0.4, 0.5) is 0 Å². The van der Waals surface area contributed by atoms with Gasteiger partial charge in [-0.2, -0.15) is 0 Å². The van der Waals surface area contributed by atoms with Crippen molar-refractivity contribution in [2.45, 2.75) is 103 Å². The third kappa shape index (κ3) is 14.8. The van der Waals surface area contributed by atoms with Crippen LogP contribution < -0.4 is 0 Å². The van der Waals surface area contributed by atoms with Crippen LogP contribution in [0, 0.1) is 0 Å². The van der Waals surface area contributed by atoms with Crippen LogP contribution in [0.25, 0.3) is 0 Å². The van der Waals surface area contributed by atoms with Crippen LogP contribution in [0.2, 0.25) is 0 Å². The van der Waals surface area contributed by atoms with E-state index in [1.165, 1.54) is 77.0 Å². The van der Waals surface area contributed by atoms with Gasteiger partial charge in [0, 0.05) is 3.58 Å². The van der Waals surface area contributed by atoms with E-state index in [2.05, 4.69) is 36.1 Å². The minimum Gasteiger partial charge on any atom is -0.388 e. The lowest BCUT2D eigenvalue weighted by molar-refractivity contribution is 0.206. The molecule has 0 aromatic carbocycles. The maximum atomic E-state index is 9.60. The maximum absolute atomic E-state index is 9.60. The highest BCUT2D eigenvalue weighted by molar-refractivity contribution is 14.1. The van der Waals surface area contributed by atoms with Gasteiger partial charge < -0.3 is 5.11 Å². The summed E-state index contributed by atoms with van der Waals surface area (Å²) < 4.78 is 0.876. The first-order valence-corrected chi connectivity index (χ1v) is 9.78. The molecule has 20 heavy (non-hydrogen) atoms. The van der Waals surface area contributed by atoms with Crippen LogP contribution >= 0.6 is 22.6 Å². The highest BCUT2D eigenvalue weighted by Crippen LogP contribution is 2.16. The number of unbranched alkanes of at least 4 members (excludes halogenated alkanes) is 12. The van der Waals surface area contributed by atoms with Crippen LogP contribution in [0.15, 0.2) is 10.2 Å². The lowest BCUT2D eigenvalue weighted by Gasteiger charge is -2.08. The van der Waals surface area contributed by atoms with Gasteiger partial charge in [0.05, 0.1) is 6.10 Å². The van der Waals surface area contributed by atoms with Gasteiger partial charge in [0.2, 0.25) is 0 Å². The van der Waals surface area contributed by atoms with Gasteiger partial charge in [-0.15, -0.1) is 0 Å². The molecular formula is C18H35IO. The Morgan fingerprint density at radius 2 is 1.15 bits per heavy atom. The van der Waals surface area contributed by atoms with Gasteiger partial charge in [-0.3, -0.25) is 0 Å². The summed E-state index contributed by atoms with van der Waals surface area (Å²) in [6, 6.07) is 0. The minimum atomic E-state index is -0.289. The van der Waals surface area contributed by atoms with Crippen molar-refractivity contribution in [1.82, 2.24) is 0 Å². The SMILES string of the molecule is C=C(I)[C@H](O)CCCCCCCCCCCCCCC. The van der Waals surface area contributed by atoms with Crippen molar-refractivity contribution in [2.75, 3.05) is 0 Å². The number of hydrogen-bond donors (Lipinski definition) is 1. The van der Waals surface area contributed by atoms with Gasteiger partial charge >= 0.3 is 0 Å². The predicted octanol–water partition coefficient (Wildman–Crippen LogP) is 6.78. The molecule has 1 nitrogen and oxygen atoms in total. The second kappa shape index (κ2) is 15.8. The zero-order chi connectivity index (χ0) is 15.1. The Balaban J connectivity index is 3.04. The molecule has 0 heterocycles. The van der Waals surface area contributed by atoms with Gasteiger partial charge in [0.15, 0.2) is 0 Å². The number of hydrogen-bond acceptors (Lipinski definition) is 1. The van der Waals surface area contributed by atoms with E-state index in [0.29, 0.717) is 0 Å². The van der Waals surface area contributed by atoms with Gasteiger partial charge in [-0.25, -0.2) is 0 Å². The fourth-order valence-corrected chi connectivity index (χ4v) is 2.82. The Bertz CT molecular complexity index is 215. The molecule has 0 rings (SSSR count). The van der Waals surface area contributed by atoms with Gasteiger partial charge in [-0.1, -0.05) is 97.0 Å². The zero-order valence-corrected chi connectivity index (χ0v) is 15.7. The molecule has 0 fully saturated rings. The van der Waals surface area contributed by atoms with Crippen LogP contribution in [-0.2, 0) is 0 Å². The molecule has 1 atom stereocenters. The molecule has 0 aliphatic rings. The molecule has 2 heteroatoms. The summed E-state index contributed by atoms with van der Waals surface area (Å²) in [6.07, 6.45) is 18.5. The molecule has 0 amide bonds. The Kier molecular flexibility index (Phi) is 16.2. The number of aliphatic hydroxyl groups is 1. The van der Waals surface area contributed by atoms with E-state index in [9.17, 15) is 5.11 Å². The summed E-state index contributed by atoms with van der Waals surface area (Å²) in [6.45, 7) is 6.05. The second-order valence-corrected chi connectivity index (χ2v) is 7.38.